The fourth-order valence-corrected chi connectivity index (χ4v) is 9.58. The van der Waals surface area contributed by atoms with Crippen LogP contribution in [0.4, 0.5) is 25.9 Å². The standard InChI is InChI=1S/C66H88ClN9O16S/c1-63(2,3)89-53(80)23-16-14-15-21-49(75-62(84)92-66(10,11)12)57(81)71-35-33-51(78)86-39-46(88-52(79)24-19-22-50(77)48(74-61(83)91-65(7,8)9)20-17-18-34-72-60(82)90-64(4,5)6)38-85-45-31-27-41(28-32-45)54-47(36-68)59(76-56(69)55(54)70-13)93-40-44-37-87-58(73-44)42-25-29-43(67)30-26-42/h25-32,37,46,48-49H,14-24,33-35,38-40H2,1-12H3,(H2,69,76)(H,71,81)(H,72,82)(H,74,83)(H,75,84)/t46-,48-,49-/m0/s1. The number of nitrogen functional groups attached to an aromatic ring is 1. The maximum absolute atomic E-state index is 13.7. The number of nitrogens with one attached hydrogen (secondary N) is 4. The van der Waals surface area contributed by atoms with E-state index in [2.05, 4.69) is 42.1 Å². The Labute approximate surface area is 553 Å². The molecule has 0 aliphatic heterocycles. The van der Waals surface area contributed by atoms with E-state index in [1.165, 1.54) is 18.0 Å². The first-order chi connectivity index (χ1) is 43.6. The van der Waals surface area contributed by atoms with Gasteiger partial charge in [-0.15, -0.1) is 0 Å². The molecule has 0 saturated heterocycles. The summed E-state index contributed by atoms with van der Waals surface area (Å²) in [6, 6.07) is 13.4. The van der Waals surface area contributed by atoms with Gasteiger partial charge in [0.05, 0.1) is 30.3 Å². The summed E-state index contributed by atoms with van der Waals surface area (Å²) in [6.07, 6.45) is 0.206. The maximum Gasteiger partial charge on any atom is 0.408 e. The highest BCUT2D eigenvalue weighted by Crippen LogP contribution is 2.42. The van der Waals surface area contributed by atoms with Crippen molar-refractivity contribution in [3.63, 3.8) is 0 Å². The first kappa shape index (κ1) is 76.8. The van der Waals surface area contributed by atoms with Crippen molar-refractivity contribution in [2.75, 3.05) is 32.0 Å². The Morgan fingerprint density at radius 1 is 0.656 bits per heavy atom. The van der Waals surface area contributed by atoms with E-state index in [-0.39, 0.29) is 116 Å². The fraction of sp³-hybridized carbons (Fsp3) is 0.545. The fourth-order valence-electron chi connectivity index (χ4n) is 8.58. The molecule has 3 atom stereocenters. The molecule has 25 nitrogen and oxygen atoms in total. The van der Waals surface area contributed by atoms with Crippen molar-refractivity contribution in [2.24, 2.45) is 0 Å². The smallest absolute Gasteiger partial charge is 0.408 e. The predicted molar refractivity (Wildman–Crippen MR) is 348 cm³/mol. The molecule has 0 aliphatic rings. The number of oxazole rings is 1. The predicted octanol–water partition coefficient (Wildman–Crippen LogP) is 12.2. The summed E-state index contributed by atoms with van der Waals surface area (Å²) in [6.45, 7) is 27.7. The minimum absolute atomic E-state index is 0.00274. The van der Waals surface area contributed by atoms with Crippen molar-refractivity contribution >= 4 is 82.7 Å². The van der Waals surface area contributed by atoms with E-state index < -0.39 is 83.3 Å². The topological polar surface area (TPSA) is 342 Å². The molecule has 2 aromatic heterocycles. The number of hydrogen-bond donors (Lipinski definition) is 5. The number of amides is 4. The van der Waals surface area contributed by atoms with E-state index in [0.717, 1.165) is 0 Å². The largest absolute Gasteiger partial charge is 0.490 e. The molecular formula is C66H88ClN9O16S. The number of thioether (sulfide) groups is 1. The van der Waals surface area contributed by atoms with Crippen molar-refractivity contribution < 1.29 is 75.9 Å². The number of hydrogen-bond acceptors (Lipinski definition) is 21. The number of halogens is 1. The molecule has 0 radical (unpaired) electrons. The molecule has 4 rings (SSSR count). The van der Waals surface area contributed by atoms with Gasteiger partial charge in [0.15, 0.2) is 11.9 Å². The normalized spacial score (nSPS) is 12.5. The second kappa shape index (κ2) is 36.6. The first-order valence-corrected chi connectivity index (χ1v) is 32.0. The van der Waals surface area contributed by atoms with E-state index in [1.807, 2.05) is 0 Å². The van der Waals surface area contributed by atoms with Crippen molar-refractivity contribution in [3.05, 3.63) is 82.5 Å². The average molecular weight is 1330 g/mol. The number of unbranched alkanes of at least 4 members (excludes halogenated alkanes) is 3. The Bertz CT molecular complexity index is 3260. The molecule has 2 aromatic carbocycles. The summed E-state index contributed by atoms with van der Waals surface area (Å²) >= 11 is 7.22. The van der Waals surface area contributed by atoms with Crippen LogP contribution in [0.15, 0.2) is 64.2 Å². The van der Waals surface area contributed by atoms with Crippen molar-refractivity contribution in [2.45, 2.75) is 212 Å². The quantitative estimate of drug-likeness (QED) is 0.00972. The molecule has 0 fully saturated rings. The number of aromatic nitrogens is 2. The number of ether oxygens (including phenoxy) is 7. The van der Waals surface area contributed by atoms with Crippen LogP contribution in [0.3, 0.4) is 0 Å². The Kier molecular flexibility index (Phi) is 30.2. The number of nitriles is 1. The molecule has 0 saturated carbocycles. The number of esters is 3. The monoisotopic (exact) mass is 1330 g/mol. The molecule has 0 unspecified atom stereocenters. The Morgan fingerprint density at radius 2 is 1.24 bits per heavy atom. The van der Waals surface area contributed by atoms with Gasteiger partial charge in [-0.25, -0.2) is 29.2 Å². The van der Waals surface area contributed by atoms with Crippen LogP contribution in [0, 0.1) is 17.9 Å². The molecule has 6 N–H and O–H groups in total. The summed E-state index contributed by atoms with van der Waals surface area (Å²) in [5.41, 5.74) is 5.25. The number of nitrogens with two attached hydrogens (primary N) is 1. The molecule has 27 heteroatoms. The van der Waals surface area contributed by atoms with E-state index >= 15 is 0 Å². The third kappa shape index (κ3) is 30.1. The van der Waals surface area contributed by atoms with Gasteiger partial charge in [0.2, 0.25) is 17.5 Å². The molecule has 2 heterocycles. The van der Waals surface area contributed by atoms with Crippen LogP contribution < -0.4 is 31.7 Å². The van der Waals surface area contributed by atoms with Gasteiger partial charge in [-0.05, 0) is 164 Å². The van der Waals surface area contributed by atoms with Crippen LogP contribution in [0.2, 0.25) is 5.02 Å². The third-order valence-electron chi connectivity index (χ3n) is 12.6. The van der Waals surface area contributed by atoms with Crippen LogP contribution >= 0.6 is 23.4 Å². The second-order valence-corrected chi connectivity index (χ2v) is 27.0. The highest BCUT2D eigenvalue weighted by Gasteiger charge is 2.29. The Morgan fingerprint density at radius 3 is 1.85 bits per heavy atom. The van der Waals surface area contributed by atoms with E-state index in [0.29, 0.717) is 59.8 Å². The SMILES string of the molecule is [C-]#[N+]c1c(N)nc(SCc2coc(-c3ccc(Cl)cc3)n2)c(C#N)c1-c1ccc(OC[C@@H](COC(=O)CCNC(=O)[C@H](CCCCCC(=O)OC(C)(C)C)NC(=O)OC(C)(C)C)OC(=O)CCCC(=O)[C@H](CCCCNC(=O)OC(C)(C)C)NC(=O)OC(C)(C)C)cc1. The van der Waals surface area contributed by atoms with Crippen molar-refractivity contribution in [1.29, 1.82) is 5.26 Å². The Balaban J connectivity index is 1.48. The summed E-state index contributed by atoms with van der Waals surface area (Å²) < 4.78 is 44.5. The zero-order valence-electron chi connectivity index (χ0n) is 55.1. The molecule has 0 bridgehead atoms. The summed E-state index contributed by atoms with van der Waals surface area (Å²) in [5, 5.41) is 21.8. The molecule has 506 valence electrons. The number of ketones is 1. The number of anilines is 1. The zero-order chi connectivity index (χ0) is 69.1. The molecule has 4 aromatic rings. The molecular weight excluding hydrogens is 1240 g/mol. The molecule has 4 amide bonds. The zero-order valence-corrected chi connectivity index (χ0v) is 56.7. The van der Waals surface area contributed by atoms with Crippen molar-refractivity contribution in [3.8, 4) is 34.4 Å². The number of pyridine rings is 1. The lowest BCUT2D eigenvalue weighted by molar-refractivity contribution is -0.161. The van der Waals surface area contributed by atoms with E-state index in [9.17, 15) is 43.6 Å². The van der Waals surface area contributed by atoms with Gasteiger partial charge >= 0.3 is 36.2 Å². The van der Waals surface area contributed by atoms with Crippen LogP contribution in [-0.2, 0) is 58.1 Å². The lowest BCUT2D eigenvalue weighted by atomic mass is 10.00. The van der Waals surface area contributed by atoms with Gasteiger partial charge in [-0.1, -0.05) is 48.3 Å². The van der Waals surface area contributed by atoms with Crippen LogP contribution in [0.1, 0.15) is 171 Å². The van der Waals surface area contributed by atoms with Gasteiger partial charge in [-0.3, -0.25) is 24.0 Å². The lowest BCUT2D eigenvalue weighted by Gasteiger charge is -2.23. The van der Waals surface area contributed by atoms with Gasteiger partial charge in [0.25, 0.3) is 0 Å². The number of carbonyl (C=O) groups is 8. The van der Waals surface area contributed by atoms with E-state index in [4.69, 9.17) is 61.5 Å². The molecule has 93 heavy (non-hydrogen) atoms. The van der Waals surface area contributed by atoms with Gasteiger partial charge in [-0.2, -0.15) is 5.26 Å². The highest BCUT2D eigenvalue weighted by atomic mass is 35.5. The minimum Gasteiger partial charge on any atom is -0.490 e. The molecule has 0 aliphatic carbocycles. The van der Waals surface area contributed by atoms with Gasteiger partial charge in [0, 0.05) is 54.3 Å². The summed E-state index contributed by atoms with van der Waals surface area (Å²) in [7, 11) is 0. The molecule has 0 spiro atoms. The van der Waals surface area contributed by atoms with Crippen LogP contribution in [-0.4, -0.2) is 125 Å². The van der Waals surface area contributed by atoms with Crippen LogP contribution in [0.5, 0.6) is 5.75 Å². The summed E-state index contributed by atoms with van der Waals surface area (Å²) in [4.78, 5) is 117. The lowest BCUT2D eigenvalue weighted by Crippen LogP contribution is -2.48. The highest BCUT2D eigenvalue weighted by molar-refractivity contribution is 7.98. The van der Waals surface area contributed by atoms with E-state index in [1.54, 1.807) is 132 Å². The number of benzene rings is 2. The van der Waals surface area contributed by atoms with Gasteiger partial charge < -0.3 is 64.6 Å². The third-order valence-corrected chi connectivity index (χ3v) is 13.9. The number of nitrogens with zero attached hydrogens (tertiary/aromatic N) is 4. The summed E-state index contributed by atoms with van der Waals surface area (Å²) in [5.74, 6) is -2.16. The van der Waals surface area contributed by atoms with Crippen molar-refractivity contribution in [1.82, 2.24) is 31.2 Å². The number of carbonyl (C=O) groups excluding carboxylic acids is 8. The second-order valence-electron chi connectivity index (χ2n) is 25.6. The number of rotatable bonds is 33. The Hall–Kier alpha value is -8.62. The van der Waals surface area contributed by atoms with Gasteiger partial charge in [0.1, 0.15) is 70.6 Å². The number of Topliss-reactive ketones (excluding diaryl/α,β-unsaturated/α-hetero) is 1. The average Bonchev–Trinajstić information content (AvgIpc) is 1.000. The van der Waals surface area contributed by atoms with Crippen LogP contribution in [0.25, 0.3) is 27.4 Å². The minimum atomic E-state index is -1.23. The maximum atomic E-state index is 13.7. The number of alkyl carbamates (subject to hydrolysis) is 3. The first-order valence-electron chi connectivity index (χ1n) is 30.6.